The van der Waals surface area contributed by atoms with Gasteiger partial charge in [-0.3, -0.25) is 15.1 Å². The number of nitrogens with zero attached hydrogens (tertiary/aromatic N) is 3. The maximum atomic E-state index is 12.9. The predicted molar refractivity (Wildman–Crippen MR) is 112 cm³/mol. The highest BCUT2D eigenvalue weighted by Crippen LogP contribution is 2.28. The Kier molecular flexibility index (Phi) is 5.97. The number of anilines is 1. The molecule has 2 aromatic heterocycles. The highest BCUT2D eigenvalue weighted by molar-refractivity contribution is 8.00. The minimum absolute atomic E-state index is 0.159. The van der Waals surface area contributed by atoms with Gasteiger partial charge in [0.25, 0.3) is 5.91 Å². The van der Waals surface area contributed by atoms with Gasteiger partial charge in [-0.1, -0.05) is 53.4 Å². The van der Waals surface area contributed by atoms with E-state index < -0.39 is 0 Å². The molecule has 1 N–H and O–H groups in total. The monoisotopic (exact) mass is 426 g/mol. The third-order valence-corrected chi connectivity index (χ3v) is 5.93. The normalized spacial score (nSPS) is 10.8. The van der Waals surface area contributed by atoms with E-state index in [9.17, 15) is 9.18 Å². The number of para-hydroxylation sites is 1. The smallest absolute Gasteiger partial charge is 0.264 e. The molecule has 9 heteroatoms. The van der Waals surface area contributed by atoms with Crippen LogP contribution in [0.15, 0.2) is 65.1 Å². The summed E-state index contributed by atoms with van der Waals surface area (Å²) in [5.74, 6) is 0.594. The van der Waals surface area contributed by atoms with Gasteiger partial charge >= 0.3 is 0 Å². The lowest BCUT2D eigenvalue weighted by Crippen LogP contribution is -2.20. The quantitative estimate of drug-likeness (QED) is 0.345. The van der Waals surface area contributed by atoms with Gasteiger partial charge in [0.2, 0.25) is 5.13 Å². The van der Waals surface area contributed by atoms with Crippen molar-refractivity contribution in [1.82, 2.24) is 15.2 Å². The number of amides is 1. The maximum absolute atomic E-state index is 12.9. The van der Waals surface area contributed by atoms with Crippen molar-refractivity contribution in [2.24, 2.45) is 0 Å². The number of aromatic nitrogens is 3. The van der Waals surface area contributed by atoms with E-state index in [1.807, 2.05) is 24.3 Å². The third kappa shape index (κ3) is 5.07. The van der Waals surface area contributed by atoms with Crippen molar-refractivity contribution in [3.05, 3.63) is 72.2 Å². The number of ether oxygens (including phenoxy) is 1. The zero-order chi connectivity index (χ0) is 20.1. The van der Waals surface area contributed by atoms with Crippen LogP contribution in [0.2, 0.25) is 0 Å². The number of benzene rings is 2. The van der Waals surface area contributed by atoms with Crippen LogP contribution in [0.25, 0.3) is 10.9 Å². The summed E-state index contributed by atoms with van der Waals surface area (Å²) >= 11 is 2.75. The van der Waals surface area contributed by atoms with Crippen molar-refractivity contribution in [3.8, 4) is 5.75 Å². The number of nitrogens with one attached hydrogen (secondary N) is 1. The number of hydrogen-bond acceptors (Lipinski definition) is 7. The third-order valence-electron chi connectivity index (χ3n) is 3.88. The Morgan fingerprint density at radius 3 is 2.79 bits per heavy atom. The SMILES string of the molecule is O=C(COc1cccc2cccnc12)Nc1nnc(SCc2ccc(F)cc2)s1. The van der Waals surface area contributed by atoms with Crippen LogP contribution in [-0.4, -0.2) is 27.7 Å². The van der Waals surface area contributed by atoms with Gasteiger partial charge in [-0.15, -0.1) is 10.2 Å². The van der Waals surface area contributed by atoms with E-state index in [0.717, 1.165) is 10.9 Å². The van der Waals surface area contributed by atoms with Gasteiger partial charge in [0, 0.05) is 17.3 Å². The van der Waals surface area contributed by atoms with Gasteiger partial charge in [-0.2, -0.15) is 0 Å². The molecule has 0 bridgehead atoms. The fraction of sp³-hybridized carbons (Fsp3) is 0.100. The summed E-state index contributed by atoms with van der Waals surface area (Å²) in [5, 5.41) is 12.1. The predicted octanol–water partition coefficient (Wildman–Crippen LogP) is 4.54. The average molecular weight is 426 g/mol. The molecule has 29 heavy (non-hydrogen) atoms. The number of fused-ring (bicyclic) bond motifs is 1. The van der Waals surface area contributed by atoms with Crippen molar-refractivity contribution in [2.75, 3.05) is 11.9 Å². The molecule has 0 saturated heterocycles. The Morgan fingerprint density at radius 1 is 1.10 bits per heavy atom. The van der Waals surface area contributed by atoms with E-state index in [-0.39, 0.29) is 18.3 Å². The lowest BCUT2D eigenvalue weighted by molar-refractivity contribution is -0.118. The topological polar surface area (TPSA) is 77.0 Å². The van der Waals surface area contributed by atoms with Gasteiger partial charge in [0.15, 0.2) is 10.9 Å². The summed E-state index contributed by atoms with van der Waals surface area (Å²) in [7, 11) is 0. The molecule has 0 aliphatic heterocycles. The van der Waals surface area contributed by atoms with Crippen molar-refractivity contribution in [3.63, 3.8) is 0 Å². The summed E-state index contributed by atoms with van der Waals surface area (Å²) in [5.41, 5.74) is 1.69. The summed E-state index contributed by atoms with van der Waals surface area (Å²) in [4.78, 5) is 16.5. The van der Waals surface area contributed by atoms with Gasteiger partial charge in [-0.05, 0) is 29.8 Å². The summed E-state index contributed by atoms with van der Waals surface area (Å²) in [6.45, 7) is -0.159. The van der Waals surface area contributed by atoms with Gasteiger partial charge in [0.05, 0.1) is 0 Å². The number of pyridine rings is 1. The minimum Gasteiger partial charge on any atom is -0.481 e. The Balaban J connectivity index is 1.30. The molecule has 2 heterocycles. The van der Waals surface area contributed by atoms with E-state index >= 15 is 0 Å². The lowest BCUT2D eigenvalue weighted by Gasteiger charge is -2.07. The van der Waals surface area contributed by atoms with Crippen LogP contribution in [0, 0.1) is 5.82 Å². The number of thioether (sulfide) groups is 1. The molecule has 1 amide bonds. The Labute approximate surface area is 174 Å². The zero-order valence-corrected chi connectivity index (χ0v) is 16.7. The molecular formula is C20H15FN4O2S2. The first-order chi connectivity index (χ1) is 14.2. The molecule has 0 unspecified atom stereocenters. The fourth-order valence-corrected chi connectivity index (χ4v) is 4.26. The molecule has 0 radical (unpaired) electrons. The van der Waals surface area contributed by atoms with Crippen LogP contribution in [0.3, 0.4) is 0 Å². The second-order valence-electron chi connectivity index (χ2n) is 5.96. The Bertz CT molecular complexity index is 1130. The first-order valence-corrected chi connectivity index (χ1v) is 10.4. The number of hydrogen-bond donors (Lipinski definition) is 1. The van der Waals surface area contributed by atoms with Crippen LogP contribution in [0.5, 0.6) is 5.75 Å². The van der Waals surface area contributed by atoms with Crippen LogP contribution >= 0.6 is 23.1 Å². The van der Waals surface area contributed by atoms with Crippen molar-refractivity contribution in [1.29, 1.82) is 0 Å². The van der Waals surface area contributed by atoms with E-state index in [4.69, 9.17) is 4.74 Å². The lowest BCUT2D eigenvalue weighted by atomic mass is 10.2. The molecule has 6 nitrogen and oxygen atoms in total. The van der Waals surface area contributed by atoms with Crippen LogP contribution in [0.4, 0.5) is 9.52 Å². The second kappa shape index (κ2) is 8.97. The largest absolute Gasteiger partial charge is 0.481 e. The van der Waals surface area contributed by atoms with Gasteiger partial charge in [0.1, 0.15) is 17.1 Å². The van der Waals surface area contributed by atoms with Crippen molar-refractivity contribution in [2.45, 2.75) is 10.1 Å². The second-order valence-corrected chi connectivity index (χ2v) is 8.16. The molecule has 0 aliphatic carbocycles. The Morgan fingerprint density at radius 2 is 1.93 bits per heavy atom. The van der Waals surface area contributed by atoms with Crippen LogP contribution in [0.1, 0.15) is 5.56 Å². The highest BCUT2D eigenvalue weighted by atomic mass is 32.2. The number of rotatable bonds is 7. The van der Waals surface area contributed by atoms with Gasteiger partial charge in [-0.25, -0.2) is 4.39 Å². The molecule has 0 fully saturated rings. The summed E-state index contributed by atoms with van der Waals surface area (Å²) in [6, 6.07) is 15.6. The highest BCUT2D eigenvalue weighted by Gasteiger charge is 2.11. The van der Waals surface area contributed by atoms with E-state index in [0.29, 0.717) is 26.5 Å². The molecule has 0 atom stereocenters. The molecule has 2 aromatic carbocycles. The molecule has 4 aromatic rings. The number of halogens is 1. The molecule has 0 spiro atoms. The molecule has 4 rings (SSSR count). The first kappa shape index (κ1) is 19.3. The Hall–Kier alpha value is -3.04. The number of carbonyl (C=O) groups excluding carboxylic acids is 1. The summed E-state index contributed by atoms with van der Waals surface area (Å²) < 4.78 is 19.3. The van der Waals surface area contributed by atoms with E-state index in [2.05, 4.69) is 20.5 Å². The first-order valence-electron chi connectivity index (χ1n) is 8.64. The molecular weight excluding hydrogens is 411 g/mol. The fourth-order valence-electron chi connectivity index (χ4n) is 2.54. The van der Waals surface area contributed by atoms with Gasteiger partial charge < -0.3 is 4.74 Å². The van der Waals surface area contributed by atoms with E-state index in [1.165, 1.54) is 35.2 Å². The molecule has 0 saturated carbocycles. The standard InChI is InChI=1S/C20H15FN4O2S2/c21-15-8-6-13(7-9-15)12-28-20-25-24-19(29-20)23-17(26)11-27-16-5-1-3-14-4-2-10-22-18(14)16/h1-10H,11-12H2,(H,23,24,26). The van der Waals surface area contributed by atoms with Crippen molar-refractivity contribution < 1.29 is 13.9 Å². The van der Waals surface area contributed by atoms with Crippen molar-refractivity contribution >= 4 is 45.0 Å². The van der Waals surface area contributed by atoms with E-state index in [1.54, 1.807) is 24.4 Å². The van der Waals surface area contributed by atoms with Crippen LogP contribution in [-0.2, 0) is 10.5 Å². The van der Waals surface area contributed by atoms with Crippen LogP contribution < -0.4 is 10.1 Å². The zero-order valence-electron chi connectivity index (χ0n) is 15.0. The maximum Gasteiger partial charge on any atom is 0.264 e. The minimum atomic E-state index is -0.329. The summed E-state index contributed by atoms with van der Waals surface area (Å²) in [6.07, 6.45) is 1.68. The average Bonchev–Trinajstić information content (AvgIpc) is 3.19. The molecule has 146 valence electrons. The number of carbonyl (C=O) groups is 1. The molecule has 0 aliphatic rings.